The van der Waals surface area contributed by atoms with Gasteiger partial charge in [0.25, 0.3) is 5.91 Å². The quantitative estimate of drug-likeness (QED) is 0.391. The van der Waals surface area contributed by atoms with E-state index in [9.17, 15) is 20.1 Å². The van der Waals surface area contributed by atoms with E-state index in [1.54, 1.807) is 38.3 Å². The number of aromatic hydroxyl groups is 3. The monoisotopic (exact) mass is 316 g/mol. The molecule has 7 nitrogen and oxygen atoms in total. The first-order chi connectivity index (χ1) is 10.9. The lowest BCUT2D eigenvalue weighted by atomic mass is 10.1. The molecule has 0 unspecified atom stereocenters. The maximum absolute atomic E-state index is 12.0. The second-order valence-corrected chi connectivity index (χ2v) is 4.73. The Balaban J connectivity index is 2.13. The van der Waals surface area contributed by atoms with Gasteiger partial charge in [-0.05, 0) is 48.9 Å². The summed E-state index contributed by atoms with van der Waals surface area (Å²) in [6, 6.07) is 9.19. The number of hydrogen-bond acceptors (Lipinski definition) is 6. The summed E-state index contributed by atoms with van der Waals surface area (Å²) >= 11 is 0. The minimum Gasteiger partial charge on any atom is -0.504 e. The van der Waals surface area contributed by atoms with Crippen molar-refractivity contribution in [1.82, 2.24) is 5.43 Å². The maximum Gasteiger partial charge on any atom is 0.271 e. The Hall–Kier alpha value is -3.22. The highest BCUT2D eigenvalue weighted by atomic mass is 16.5. The molecule has 2 rings (SSSR count). The van der Waals surface area contributed by atoms with Crippen molar-refractivity contribution in [2.24, 2.45) is 5.10 Å². The molecule has 0 saturated heterocycles. The number of nitrogens with one attached hydrogen (secondary N) is 1. The molecule has 2 aromatic rings. The molecule has 0 aliphatic rings. The molecule has 120 valence electrons. The zero-order chi connectivity index (χ0) is 17.0. The number of carbonyl (C=O) groups is 1. The summed E-state index contributed by atoms with van der Waals surface area (Å²) in [7, 11) is 1.57. The molecule has 1 amide bonds. The van der Waals surface area contributed by atoms with Gasteiger partial charge in [-0.1, -0.05) is 0 Å². The average Bonchev–Trinajstić information content (AvgIpc) is 2.56. The third kappa shape index (κ3) is 3.70. The lowest BCUT2D eigenvalue weighted by molar-refractivity contribution is 0.0954. The Bertz CT molecular complexity index is 731. The zero-order valence-electron chi connectivity index (χ0n) is 12.6. The van der Waals surface area contributed by atoms with Crippen LogP contribution in [0.25, 0.3) is 0 Å². The Morgan fingerprint density at radius 1 is 1.04 bits per heavy atom. The predicted octanol–water partition coefficient (Wildman–Crippen LogP) is 1.97. The van der Waals surface area contributed by atoms with Crippen LogP contribution in [0.4, 0.5) is 0 Å². The Morgan fingerprint density at radius 3 is 2.13 bits per heavy atom. The highest BCUT2D eigenvalue weighted by molar-refractivity contribution is 6.01. The summed E-state index contributed by atoms with van der Waals surface area (Å²) in [5.74, 6) is -1.79. The molecule has 0 aliphatic carbocycles. The lowest BCUT2D eigenvalue weighted by Gasteiger charge is -2.06. The van der Waals surface area contributed by atoms with Gasteiger partial charge in [0.1, 0.15) is 5.75 Å². The van der Waals surface area contributed by atoms with Crippen molar-refractivity contribution in [2.75, 3.05) is 7.11 Å². The molecule has 7 heteroatoms. The standard InChI is InChI=1S/C16H16N2O5/c1-9(10-3-5-12(23-2)6-4-10)17-18-16(22)11-7-13(19)15(21)14(20)8-11/h3-8,19-21H,1-2H3,(H,18,22). The topological polar surface area (TPSA) is 111 Å². The van der Waals surface area contributed by atoms with Gasteiger partial charge in [0, 0.05) is 5.56 Å². The van der Waals surface area contributed by atoms with E-state index in [-0.39, 0.29) is 5.56 Å². The van der Waals surface area contributed by atoms with Gasteiger partial charge in [0.15, 0.2) is 17.2 Å². The van der Waals surface area contributed by atoms with E-state index >= 15 is 0 Å². The summed E-state index contributed by atoms with van der Waals surface area (Å²) in [6.45, 7) is 1.72. The molecule has 4 N–H and O–H groups in total. The van der Waals surface area contributed by atoms with Gasteiger partial charge in [-0.3, -0.25) is 4.79 Å². The van der Waals surface area contributed by atoms with Gasteiger partial charge in [-0.25, -0.2) is 5.43 Å². The van der Waals surface area contributed by atoms with Crippen LogP contribution in [0.2, 0.25) is 0 Å². The fraction of sp³-hybridized carbons (Fsp3) is 0.125. The highest BCUT2D eigenvalue weighted by Gasteiger charge is 2.13. The first-order valence-corrected chi connectivity index (χ1v) is 6.66. The van der Waals surface area contributed by atoms with Crippen molar-refractivity contribution >= 4 is 11.6 Å². The number of carbonyl (C=O) groups excluding carboxylic acids is 1. The van der Waals surface area contributed by atoms with Crippen LogP contribution in [0, 0.1) is 0 Å². The summed E-state index contributed by atoms with van der Waals surface area (Å²) in [6.07, 6.45) is 0. The first-order valence-electron chi connectivity index (χ1n) is 6.66. The second kappa shape index (κ2) is 6.69. The smallest absolute Gasteiger partial charge is 0.271 e. The SMILES string of the molecule is COc1ccc(C(C)=NNC(=O)c2cc(O)c(O)c(O)c2)cc1. The Morgan fingerprint density at radius 2 is 1.61 bits per heavy atom. The van der Waals surface area contributed by atoms with E-state index in [1.807, 2.05) is 0 Å². The number of phenols is 3. The summed E-state index contributed by atoms with van der Waals surface area (Å²) < 4.78 is 5.06. The highest BCUT2D eigenvalue weighted by Crippen LogP contribution is 2.35. The molecule has 2 aromatic carbocycles. The minimum atomic E-state index is -0.681. The lowest BCUT2D eigenvalue weighted by Crippen LogP contribution is -2.19. The summed E-state index contributed by atoms with van der Waals surface area (Å²) in [5.41, 5.74) is 3.63. The third-order valence-electron chi connectivity index (χ3n) is 3.16. The van der Waals surface area contributed by atoms with Gasteiger partial charge in [-0.15, -0.1) is 0 Å². The fourth-order valence-electron chi connectivity index (χ4n) is 1.83. The second-order valence-electron chi connectivity index (χ2n) is 4.73. The molecule has 0 radical (unpaired) electrons. The molecule has 0 fully saturated rings. The van der Waals surface area contributed by atoms with Crippen LogP contribution in [0.1, 0.15) is 22.8 Å². The average molecular weight is 316 g/mol. The maximum atomic E-state index is 12.0. The number of benzene rings is 2. The number of hydrogen-bond donors (Lipinski definition) is 4. The Labute approximate surface area is 132 Å². The summed E-state index contributed by atoms with van der Waals surface area (Å²) in [5, 5.41) is 32.0. The largest absolute Gasteiger partial charge is 0.504 e. The molecule has 23 heavy (non-hydrogen) atoms. The van der Waals surface area contributed by atoms with Crippen molar-refractivity contribution in [1.29, 1.82) is 0 Å². The van der Waals surface area contributed by atoms with Gasteiger partial charge in [-0.2, -0.15) is 5.10 Å². The van der Waals surface area contributed by atoms with E-state index in [1.165, 1.54) is 0 Å². The van der Waals surface area contributed by atoms with Crippen molar-refractivity contribution in [3.63, 3.8) is 0 Å². The molecule has 0 heterocycles. The van der Waals surface area contributed by atoms with Crippen LogP contribution < -0.4 is 10.2 Å². The van der Waals surface area contributed by atoms with Crippen molar-refractivity contribution in [3.05, 3.63) is 47.5 Å². The minimum absolute atomic E-state index is 0.0379. The van der Waals surface area contributed by atoms with Crippen LogP contribution in [-0.4, -0.2) is 34.0 Å². The van der Waals surface area contributed by atoms with E-state index in [4.69, 9.17) is 4.74 Å². The van der Waals surface area contributed by atoms with Gasteiger partial charge >= 0.3 is 0 Å². The van der Waals surface area contributed by atoms with Crippen molar-refractivity contribution in [2.45, 2.75) is 6.92 Å². The molecule has 0 aliphatic heterocycles. The summed E-state index contributed by atoms with van der Waals surface area (Å²) in [4.78, 5) is 12.0. The van der Waals surface area contributed by atoms with Gasteiger partial charge in [0.05, 0.1) is 12.8 Å². The first kappa shape index (κ1) is 16.2. The normalized spacial score (nSPS) is 11.1. The number of hydrazone groups is 1. The molecule has 0 aromatic heterocycles. The number of nitrogens with zero attached hydrogens (tertiary/aromatic N) is 1. The Kier molecular flexibility index (Phi) is 4.70. The van der Waals surface area contributed by atoms with Crippen LogP contribution in [-0.2, 0) is 0 Å². The zero-order valence-corrected chi connectivity index (χ0v) is 12.6. The van der Waals surface area contributed by atoms with Crippen LogP contribution in [0.5, 0.6) is 23.0 Å². The molecule has 0 saturated carbocycles. The predicted molar refractivity (Wildman–Crippen MR) is 84.1 cm³/mol. The van der Waals surface area contributed by atoms with Crippen LogP contribution in [0.15, 0.2) is 41.5 Å². The van der Waals surface area contributed by atoms with Gasteiger partial charge in [0.2, 0.25) is 0 Å². The number of phenolic OH excluding ortho intramolecular Hbond substituents is 3. The number of amides is 1. The van der Waals surface area contributed by atoms with Crippen LogP contribution >= 0.6 is 0 Å². The van der Waals surface area contributed by atoms with Gasteiger partial charge < -0.3 is 20.1 Å². The van der Waals surface area contributed by atoms with E-state index < -0.39 is 23.2 Å². The van der Waals surface area contributed by atoms with Crippen LogP contribution in [0.3, 0.4) is 0 Å². The number of ether oxygens (including phenoxy) is 1. The molecule has 0 bridgehead atoms. The van der Waals surface area contributed by atoms with Crippen molar-refractivity contribution < 1.29 is 24.9 Å². The van der Waals surface area contributed by atoms with E-state index in [0.29, 0.717) is 11.5 Å². The van der Waals surface area contributed by atoms with E-state index in [0.717, 1.165) is 17.7 Å². The fourth-order valence-corrected chi connectivity index (χ4v) is 1.83. The van der Waals surface area contributed by atoms with E-state index in [2.05, 4.69) is 10.5 Å². The molecule has 0 atom stereocenters. The third-order valence-corrected chi connectivity index (χ3v) is 3.16. The molecule has 0 spiro atoms. The molecular formula is C16H16N2O5. The molecular weight excluding hydrogens is 300 g/mol. The van der Waals surface area contributed by atoms with Crippen molar-refractivity contribution in [3.8, 4) is 23.0 Å². The number of rotatable bonds is 4. The number of methoxy groups -OCH3 is 1.